The molecule has 1 heterocycles. The van der Waals surface area contributed by atoms with Crippen LogP contribution in [0.4, 0.5) is 11.4 Å². The van der Waals surface area contributed by atoms with Crippen molar-refractivity contribution in [2.24, 2.45) is 0 Å². The van der Waals surface area contributed by atoms with Gasteiger partial charge in [0, 0.05) is 43.1 Å². The van der Waals surface area contributed by atoms with Crippen molar-refractivity contribution in [3.63, 3.8) is 0 Å². The number of amides is 2. The number of hydrogen-bond acceptors (Lipinski definition) is 4. The molecule has 0 radical (unpaired) electrons. The second-order valence-electron chi connectivity index (χ2n) is 9.39. The second kappa shape index (κ2) is 12.4. The Morgan fingerprint density at radius 1 is 0.667 bits per heavy atom. The number of nitrogens with one attached hydrogen (secondary N) is 2. The maximum atomic E-state index is 13.3. The largest absolute Gasteiger partial charge is 0.368 e. The van der Waals surface area contributed by atoms with Gasteiger partial charge in [-0.15, -0.1) is 0 Å². The normalized spacial score (nSPS) is 13.2. The Balaban J connectivity index is 1.17. The van der Waals surface area contributed by atoms with Gasteiger partial charge in [0.25, 0.3) is 5.91 Å². The van der Waals surface area contributed by atoms with Crippen LogP contribution in [-0.2, 0) is 4.79 Å². The lowest BCUT2D eigenvalue weighted by atomic mass is 9.90. The maximum Gasteiger partial charge on any atom is 0.253 e. The highest BCUT2D eigenvalue weighted by Gasteiger charge is 2.24. The van der Waals surface area contributed by atoms with Crippen molar-refractivity contribution in [1.82, 2.24) is 10.2 Å². The molecule has 1 saturated heterocycles. The molecule has 0 saturated carbocycles. The van der Waals surface area contributed by atoms with Crippen molar-refractivity contribution in [3.8, 4) is 0 Å². The minimum atomic E-state index is -0.470. The van der Waals surface area contributed by atoms with Crippen LogP contribution in [0.5, 0.6) is 0 Å². The Labute approximate surface area is 234 Å². The molecular weight excluding hydrogens is 504 g/mol. The van der Waals surface area contributed by atoms with E-state index in [0.717, 1.165) is 41.2 Å². The Morgan fingerprint density at radius 2 is 1.18 bits per heavy atom. The van der Waals surface area contributed by atoms with Crippen LogP contribution in [0.1, 0.15) is 27.4 Å². The van der Waals surface area contributed by atoms with Crippen molar-refractivity contribution in [1.29, 1.82) is 0 Å². The van der Waals surface area contributed by atoms with Gasteiger partial charge in [-0.1, -0.05) is 78.9 Å². The third-order valence-electron chi connectivity index (χ3n) is 6.84. The summed E-state index contributed by atoms with van der Waals surface area (Å²) in [5.41, 5.74) is 4.40. The van der Waals surface area contributed by atoms with E-state index in [2.05, 4.69) is 15.5 Å². The summed E-state index contributed by atoms with van der Waals surface area (Å²) in [5.74, 6) is -0.585. The smallest absolute Gasteiger partial charge is 0.253 e. The van der Waals surface area contributed by atoms with Crippen molar-refractivity contribution in [3.05, 3.63) is 132 Å². The molecule has 7 heteroatoms. The van der Waals surface area contributed by atoms with Gasteiger partial charge in [-0.25, -0.2) is 0 Å². The highest BCUT2D eigenvalue weighted by Crippen LogP contribution is 2.25. The van der Waals surface area contributed by atoms with Gasteiger partial charge < -0.3 is 20.4 Å². The molecule has 0 atom stereocenters. The summed E-state index contributed by atoms with van der Waals surface area (Å²) in [5, 5.41) is 6.24. The summed E-state index contributed by atoms with van der Waals surface area (Å²) in [7, 11) is 0. The molecule has 6 nitrogen and oxygen atoms in total. The fraction of sp³-hybridized carbons (Fsp3) is 0.156. The summed E-state index contributed by atoms with van der Waals surface area (Å²) in [6.07, 6.45) is 0. The molecule has 4 aromatic carbocycles. The van der Waals surface area contributed by atoms with Crippen LogP contribution in [0.25, 0.3) is 0 Å². The first-order chi connectivity index (χ1) is 19.1. The molecule has 1 aliphatic heterocycles. The van der Waals surface area contributed by atoms with Crippen LogP contribution in [0.3, 0.4) is 0 Å². The van der Waals surface area contributed by atoms with Gasteiger partial charge >= 0.3 is 0 Å². The Kier molecular flexibility index (Phi) is 8.29. The van der Waals surface area contributed by atoms with Crippen molar-refractivity contribution in [2.75, 3.05) is 36.4 Å². The standard InChI is InChI=1S/C32H30N4O2S/c37-30(29(24-10-4-1-5-11-24)25-12-6-2-7-13-25)34-32(39)33-27-16-18-28(19-17-27)35-20-22-36(23-21-35)31(38)26-14-8-3-9-15-26/h1-19,29H,20-23H2,(H2,33,34,37,39). The Hall–Kier alpha value is -4.49. The molecule has 4 aromatic rings. The fourth-order valence-corrected chi connectivity index (χ4v) is 5.04. The van der Waals surface area contributed by atoms with Gasteiger partial charge in [0.2, 0.25) is 5.91 Å². The molecule has 39 heavy (non-hydrogen) atoms. The third kappa shape index (κ3) is 6.51. The van der Waals surface area contributed by atoms with E-state index in [4.69, 9.17) is 12.2 Å². The lowest BCUT2D eigenvalue weighted by Gasteiger charge is -2.36. The van der Waals surface area contributed by atoms with E-state index >= 15 is 0 Å². The quantitative estimate of drug-likeness (QED) is 0.329. The summed E-state index contributed by atoms with van der Waals surface area (Å²) < 4.78 is 0. The van der Waals surface area contributed by atoms with Crippen LogP contribution >= 0.6 is 12.2 Å². The summed E-state index contributed by atoms with van der Waals surface area (Å²) >= 11 is 5.48. The number of benzene rings is 4. The van der Waals surface area contributed by atoms with Gasteiger partial charge in [0.05, 0.1) is 5.92 Å². The van der Waals surface area contributed by atoms with Crippen molar-refractivity contribution in [2.45, 2.75) is 5.92 Å². The molecule has 2 amide bonds. The number of rotatable bonds is 6. The predicted molar refractivity (Wildman–Crippen MR) is 160 cm³/mol. The van der Waals surface area contributed by atoms with E-state index in [-0.39, 0.29) is 16.9 Å². The number of piperazine rings is 1. The molecule has 0 bridgehead atoms. The zero-order valence-corrected chi connectivity index (χ0v) is 22.3. The van der Waals surface area contributed by atoms with E-state index in [1.807, 2.05) is 120 Å². The molecule has 1 aliphatic rings. The molecule has 5 rings (SSSR count). The Morgan fingerprint density at radius 3 is 1.72 bits per heavy atom. The number of carbonyl (C=O) groups excluding carboxylic acids is 2. The molecule has 0 aromatic heterocycles. The van der Waals surface area contributed by atoms with E-state index in [0.29, 0.717) is 13.1 Å². The van der Waals surface area contributed by atoms with E-state index in [1.165, 1.54) is 0 Å². The number of thiocarbonyl (C=S) groups is 1. The first-order valence-electron chi connectivity index (χ1n) is 13.0. The number of hydrogen-bond donors (Lipinski definition) is 2. The van der Waals surface area contributed by atoms with Crippen LogP contribution in [0.15, 0.2) is 115 Å². The average molecular weight is 535 g/mol. The lowest BCUT2D eigenvalue weighted by molar-refractivity contribution is -0.120. The monoisotopic (exact) mass is 534 g/mol. The van der Waals surface area contributed by atoms with Gasteiger partial charge in [-0.05, 0) is 59.7 Å². The van der Waals surface area contributed by atoms with Crippen LogP contribution in [-0.4, -0.2) is 48.0 Å². The predicted octanol–water partition coefficient (Wildman–Crippen LogP) is 5.29. The highest BCUT2D eigenvalue weighted by atomic mass is 32.1. The lowest BCUT2D eigenvalue weighted by Crippen LogP contribution is -2.48. The average Bonchev–Trinajstić information content (AvgIpc) is 2.99. The number of carbonyl (C=O) groups is 2. The zero-order chi connectivity index (χ0) is 27.0. The topological polar surface area (TPSA) is 64.7 Å². The molecule has 2 N–H and O–H groups in total. The van der Waals surface area contributed by atoms with E-state index in [9.17, 15) is 9.59 Å². The molecule has 196 valence electrons. The van der Waals surface area contributed by atoms with E-state index < -0.39 is 5.92 Å². The minimum Gasteiger partial charge on any atom is -0.368 e. The van der Waals surface area contributed by atoms with Crippen LogP contribution in [0.2, 0.25) is 0 Å². The SMILES string of the molecule is O=C(NC(=S)Nc1ccc(N2CCN(C(=O)c3ccccc3)CC2)cc1)C(c1ccccc1)c1ccccc1. The molecule has 0 unspecified atom stereocenters. The number of nitrogens with zero attached hydrogens (tertiary/aromatic N) is 2. The van der Waals surface area contributed by atoms with Crippen LogP contribution in [0, 0.1) is 0 Å². The van der Waals surface area contributed by atoms with Crippen molar-refractivity contribution < 1.29 is 9.59 Å². The summed E-state index contributed by atoms with van der Waals surface area (Å²) in [6, 6.07) is 36.7. The maximum absolute atomic E-state index is 13.3. The fourth-order valence-electron chi connectivity index (χ4n) is 4.82. The first-order valence-corrected chi connectivity index (χ1v) is 13.4. The van der Waals surface area contributed by atoms with Gasteiger partial charge in [-0.2, -0.15) is 0 Å². The second-order valence-corrected chi connectivity index (χ2v) is 9.80. The molecular formula is C32H30N4O2S. The zero-order valence-electron chi connectivity index (χ0n) is 21.5. The van der Waals surface area contributed by atoms with Gasteiger partial charge in [-0.3, -0.25) is 9.59 Å². The third-order valence-corrected chi connectivity index (χ3v) is 7.05. The first kappa shape index (κ1) is 26.1. The van der Waals surface area contributed by atoms with Crippen molar-refractivity contribution >= 4 is 40.5 Å². The molecule has 0 spiro atoms. The van der Waals surface area contributed by atoms with Gasteiger partial charge in [0.15, 0.2) is 5.11 Å². The van der Waals surface area contributed by atoms with E-state index in [1.54, 1.807) is 0 Å². The van der Waals surface area contributed by atoms with Gasteiger partial charge in [0.1, 0.15) is 0 Å². The Bertz CT molecular complexity index is 1370. The summed E-state index contributed by atoms with van der Waals surface area (Å²) in [4.78, 5) is 30.2. The van der Waals surface area contributed by atoms with Crippen LogP contribution < -0.4 is 15.5 Å². The number of anilines is 2. The molecule has 1 fully saturated rings. The summed E-state index contributed by atoms with van der Waals surface area (Å²) in [6.45, 7) is 2.88. The minimum absolute atomic E-state index is 0.0760. The highest BCUT2D eigenvalue weighted by molar-refractivity contribution is 7.80. The molecule has 0 aliphatic carbocycles.